The van der Waals surface area contributed by atoms with Gasteiger partial charge in [0.15, 0.2) is 0 Å². The molecule has 7 heteroatoms. The third-order valence-electron chi connectivity index (χ3n) is 5.34. The van der Waals surface area contributed by atoms with Gasteiger partial charge < -0.3 is 19.2 Å². The lowest BCUT2D eigenvalue weighted by atomic mass is 9.91. The van der Waals surface area contributed by atoms with Gasteiger partial charge in [-0.25, -0.2) is 0 Å². The third-order valence-corrected chi connectivity index (χ3v) is 5.83. The smallest absolute Gasteiger partial charge is 0.252 e. The van der Waals surface area contributed by atoms with E-state index in [9.17, 15) is 9.59 Å². The highest BCUT2D eigenvalue weighted by molar-refractivity contribution is 6.30. The maximum absolute atomic E-state index is 13.2. The van der Waals surface area contributed by atoms with Crippen molar-refractivity contribution in [1.29, 1.82) is 0 Å². The monoisotopic (exact) mass is 461 g/mol. The van der Waals surface area contributed by atoms with E-state index < -0.39 is 12.2 Å². The van der Waals surface area contributed by atoms with E-state index in [1.165, 1.54) is 6.92 Å². The molecule has 5 nitrogen and oxygen atoms in total. The van der Waals surface area contributed by atoms with Gasteiger partial charge in [-0.15, -0.1) is 0 Å². The van der Waals surface area contributed by atoms with Crippen LogP contribution in [0.2, 0.25) is 10.0 Å². The molecule has 1 amide bonds. The first-order chi connectivity index (χ1) is 15.0. The fourth-order valence-electron chi connectivity index (χ4n) is 3.78. The van der Waals surface area contributed by atoms with Crippen molar-refractivity contribution in [3.8, 4) is 0 Å². The van der Waals surface area contributed by atoms with E-state index in [-0.39, 0.29) is 18.4 Å². The van der Waals surface area contributed by atoms with Crippen LogP contribution in [0.15, 0.2) is 48.5 Å². The number of benzene rings is 2. The number of halogens is 2. The Morgan fingerprint density at radius 2 is 1.71 bits per heavy atom. The molecule has 2 aromatic carbocycles. The molecule has 2 fully saturated rings. The van der Waals surface area contributed by atoms with Gasteiger partial charge in [0.05, 0.1) is 6.04 Å². The molecule has 0 aromatic heterocycles. The van der Waals surface area contributed by atoms with Crippen molar-refractivity contribution in [3.05, 3.63) is 69.7 Å². The molecule has 0 bridgehead atoms. The van der Waals surface area contributed by atoms with Crippen molar-refractivity contribution in [2.75, 3.05) is 6.54 Å². The molecule has 0 spiro atoms. The average Bonchev–Trinajstić information content (AvgIpc) is 3.56. The minimum atomic E-state index is -0.774. The summed E-state index contributed by atoms with van der Waals surface area (Å²) in [6, 6.07) is 14.7. The van der Waals surface area contributed by atoms with Crippen LogP contribution in [0, 0.1) is 5.92 Å². The van der Waals surface area contributed by atoms with Crippen molar-refractivity contribution >= 4 is 41.7 Å². The van der Waals surface area contributed by atoms with Crippen molar-refractivity contribution in [2.45, 2.75) is 44.4 Å². The first-order valence-corrected chi connectivity index (χ1v) is 11.0. The van der Waals surface area contributed by atoms with Gasteiger partial charge in [0.2, 0.25) is 0 Å². The van der Waals surface area contributed by atoms with Crippen LogP contribution in [0.5, 0.6) is 0 Å². The lowest BCUT2D eigenvalue weighted by Crippen LogP contribution is -2.51. The Hall–Kier alpha value is -2.21. The lowest BCUT2D eigenvalue weighted by molar-refractivity contribution is -0.175. The number of morpholine rings is 1. The van der Waals surface area contributed by atoms with Gasteiger partial charge in [-0.3, -0.25) is 4.79 Å². The molecule has 2 aromatic rings. The minimum absolute atomic E-state index is 0.0460. The topological polar surface area (TPSA) is 63.7 Å². The second-order valence-electron chi connectivity index (χ2n) is 7.67. The summed E-state index contributed by atoms with van der Waals surface area (Å²) in [7, 11) is 0. The van der Waals surface area contributed by atoms with Gasteiger partial charge in [-0.2, -0.15) is 0 Å². The highest BCUT2D eigenvalue weighted by atomic mass is 35.5. The molecule has 2 aliphatic rings. The van der Waals surface area contributed by atoms with Gasteiger partial charge in [-0.05, 0) is 61.1 Å². The SMILES string of the molecule is CC=O.O=CC[C@H]1O[C@H](c2cccc(Cl)c2)[C@H](c2ccc(Cl)cc2)N(CC2CC2)C1=O. The van der Waals surface area contributed by atoms with Gasteiger partial charge >= 0.3 is 0 Å². The number of hydrogen-bond acceptors (Lipinski definition) is 4. The first-order valence-electron chi connectivity index (χ1n) is 10.3. The molecular formula is C24H25Cl2NO4. The number of rotatable bonds is 6. The van der Waals surface area contributed by atoms with E-state index in [2.05, 4.69) is 0 Å². The Balaban J connectivity index is 0.000000858. The second-order valence-corrected chi connectivity index (χ2v) is 8.54. The van der Waals surface area contributed by atoms with Crippen molar-refractivity contribution in [1.82, 2.24) is 4.90 Å². The Bertz CT molecular complexity index is 914. The lowest BCUT2D eigenvalue weighted by Gasteiger charge is -2.44. The van der Waals surface area contributed by atoms with Crippen molar-refractivity contribution in [2.24, 2.45) is 5.92 Å². The molecule has 1 heterocycles. The number of amides is 1. The Morgan fingerprint density at radius 1 is 1.03 bits per heavy atom. The van der Waals surface area contributed by atoms with Crippen LogP contribution < -0.4 is 0 Å². The molecule has 1 aliphatic heterocycles. The summed E-state index contributed by atoms with van der Waals surface area (Å²) in [5.74, 6) is 0.381. The van der Waals surface area contributed by atoms with Crippen LogP contribution >= 0.6 is 23.2 Å². The van der Waals surface area contributed by atoms with E-state index in [1.807, 2.05) is 47.4 Å². The quantitative estimate of drug-likeness (QED) is 0.553. The molecular weight excluding hydrogens is 437 g/mol. The zero-order chi connectivity index (χ0) is 22.4. The molecule has 0 unspecified atom stereocenters. The first kappa shape index (κ1) is 23.5. The maximum atomic E-state index is 13.2. The van der Waals surface area contributed by atoms with E-state index in [1.54, 1.807) is 6.07 Å². The number of hydrogen-bond donors (Lipinski definition) is 0. The molecule has 1 saturated heterocycles. The van der Waals surface area contributed by atoms with Crippen LogP contribution in [0.1, 0.15) is 49.5 Å². The Labute approximate surface area is 192 Å². The fraction of sp³-hybridized carbons (Fsp3) is 0.375. The Kier molecular flexibility index (Phi) is 8.24. The summed E-state index contributed by atoms with van der Waals surface area (Å²) in [6.45, 7) is 2.11. The van der Waals surface area contributed by atoms with E-state index >= 15 is 0 Å². The van der Waals surface area contributed by atoms with Gasteiger partial charge in [0.1, 0.15) is 24.8 Å². The van der Waals surface area contributed by atoms with Crippen LogP contribution in [0.25, 0.3) is 0 Å². The molecule has 0 radical (unpaired) electrons. The molecule has 164 valence electrons. The molecule has 1 saturated carbocycles. The number of carbonyl (C=O) groups excluding carboxylic acids is 3. The molecule has 4 rings (SSSR count). The van der Waals surface area contributed by atoms with E-state index in [0.717, 1.165) is 36.5 Å². The summed E-state index contributed by atoms with van der Waals surface area (Å²) in [5.41, 5.74) is 1.84. The summed E-state index contributed by atoms with van der Waals surface area (Å²) in [4.78, 5) is 35.0. The van der Waals surface area contributed by atoms with Gasteiger partial charge in [-0.1, -0.05) is 47.5 Å². The second kappa shape index (κ2) is 10.9. The van der Waals surface area contributed by atoms with Crippen LogP contribution in [0.4, 0.5) is 0 Å². The molecule has 31 heavy (non-hydrogen) atoms. The predicted octanol–water partition coefficient (Wildman–Crippen LogP) is 5.21. The predicted molar refractivity (Wildman–Crippen MR) is 120 cm³/mol. The maximum Gasteiger partial charge on any atom is 0.252 e. The van der Waals surface area contributed by atoms with Gasteiger partial charge in [0.25, 0.3) is 5.91 Å². The van der Waals surface area contributed by atoms with Crippen molar-refractivity contribution in [3.63, 3.8) is 0 Å². The highest BCUT2D eigenvalue weighted by Gasteiger charge is 2.45. The number of carbonyl (C=O) groups is 3. The van der Waals surface area contributed by atoms with E-state index in [0.29, 0.717) is 22.5 Å². The molecule has 1 aliphatic carbocycles. The van der Waals surface area contributed by atoms with E-state index in [4.69, 9.17) is 32.7 Å². The zero-order valence-corrected chi connectivity index (χ0v) is 18.8. The standard InChI is InChI=1S/C22H21Cl2NO3.C2H4O/c23-17-8-6-15(7-9-17)20-21(16-2-1-3-18(24)12-16)28-19(10-11-26)22(27)25(20)13-14-4-5-14;1-2-3/h1-3,6-9,11-12,14,19-21H,4-5,10,13H2;2H,1H3/t19-,20+,21-;/m1./s1. The van der Waals surface area contributed by atoms with Crippen LogP contribution in [0.3, 0.4) is 0 Å². The largest absolute Gasteiger partial charge is 0.357 e. The minimum Gasteiger partial charge on any atom is -0.357 e. The summed E-state index contributed by atoms with van der Waals surface area (Å²) in [6.07, 6.45) is 2.60. The summed E-state index contributed by atoms with van der Waals surface area (Å²) in [5, 5.41) is 1.24. The molecule has 3 atom stereocenters. The zero-order valence-electron chi connectivity index (χ0n) is 17.2. The number of nitrogens with zero attached hydrogens (tertiary/aromatic N) is 1. The average molecular weight is 462 g/mol. The number of aldehydes is 2. The summed E-state index contributed by atoms with van der Waals surface area (Å²) >= 11 is 12.3. The Morgan fingerprint density at radius 3 is 2.29 bits per heavy atom. The molecule has 0 N–H and O–H groups in total. The highest BCUT2D eigenvalue weighted by Crippen LogP contribution is 2.45. The normalized spacial score (nSPS) is 23.0. The fourth-order valence-corrected chi connectivity index (χ4v) is 4.10. The number of ether oxygens (including phenoxy) is 1. The van der Waals surface area contributed by atoms with Crippen LogP contribution in [-0.4, -0.2) is 36.0 Å². The van der Waals surface area contributed by atoms with Gasteiger partial charge in [0, 0.05) is 23.0 Å². The summed E-state index contributed by atoms with van der Waals surface area (Å²) < 4.78 is 6.20. The third kappa shape index (κ3) is 5.94. The van der Waals surface area contributed by atoms with Crippen LogP contribution in [-0.2, 0) is 19.1 Å². The van der Waals surface area contributed by atoms with Crippen molar-refractivity contribution < 1.29 is 19.1 Å².